The number of Topliss-reactive ketones (excluding diaryl/α,β-unsaturated/α-hetero) is 1. The fourth-order valence-corrected chi connectivity index (χ4v) is 1.45. The zero-order valence-electron chi connectivity index (χ0n) is 9.98. The molecule has 0 bridgehead atoms. The van der Waals surface area contributed by atoms with Gasteiger partial charge >= 0.3 is 5.97 Å². The molecule has 0 aromatic carbocycles. The molecule has 5 nitrogen and oxygen atoms in total. The third-order valence-corrected chi connectivity index (χ3v) is 2.68. The second kappa shape index (κ2) is 6.89. The summed E-state index contributed by atoms with van der Waals surface area (Å²) in [6.07, 6.45) is 4.23. The number of rotatable bonds is 8. The fourth-order valence-electron chi connectivity index (χ4n) is 1.45. The highest BCUT2D eigenvalue weighted by atomic mass is 16.6. The molecule has 0 aliphatic heterocycles. The fraction of sp³-hybridized carbons (Fsp3) is 0.750. The molecule has 1 aliphatic carbocycles. The summed E-state index contributed by atoms with van der Waals surface area (Å²) >= 11 is 0. The van der Waals surface area contributed by atoms with Gasteiger partial charge in [-0.1, -0.05) is 12.8 Å². The number of esters is 1. The minimum absolute atomic E-state index is 0.0395. The predicted octanol–water partition coefficient (Wildman–Crippen LogP) is 1.57. The molecule has 5 heteroatoms. The van der Waals surface area contributed by atoms with E-state index in [0.29, 0.717) is 12.5 Å². The first-order valence-electron chi connectivity index (χ1n) is 5.84. The predicted molar refractivity (Wildman–Crippen MR) is 58.7 cm³/mol. The van der Waals surface area contributed by atoms with E-state index in [1.54, 1.807) is 0 Å². The largest absolute Gasteiger partial charge is 0.463 e. The first-order valence-corrected chi connectivity index (χ1v) is 5.84. The molecule has 0 amide bonds. The van der Waals surface area contributed by atoms with Crippen molar-refractivity contribution in [3.05, 3.63) is 0 Å². The van der Waals surface area contributed by atoms with E-state index in [-0.39, 0.29) is 18.6 Å². The molecule has 0 aromatic heterocycles. The van der Waals surface area contributed by atoms with E-state index in [2.05, 4.69) is 4.74 Å². The molecule has 1 atom stereocenters. The van der Waals surface area contributed by atoms with Gasteiger partial charge in [-0.2, -0.15) is 5.26 Å². The topological polar surface area (TPSA) is 76.4 Å². The SMILES string of the molecule is CC(=O)CCC(OC#N)C(=O)OCCC1CC1. The molecule has 1 fully saturated rings. The van der Waals surface area contributed by atoms with E-state index in [1.807, 2.05) is 0 Å². The highest BCUT2D eigenvalue weighted by Gasteiger charge is 2.25. The van der Waals surface area contributed by atoms with Gasteiger partial charge in [0.05, 0.1) is 6.61 Å². The van der Waals surface area contributed by atoms with Gasteiger partial charge in [0.15, 0.2) is 0 Å². The van der Waals surface area contributed by atoms with Crippen molar-refractivity contribution in [1.82, 2.24) is 0 Å². The summed E-state index contributed by atoms with van der Waals surface area (Å²) in [5.74, 6) is 0.103. The van der Waals surface area contributed by atoms with Gasteiger partial charge in [-0.15, -0.1) is 0 Å². The molecular weight excluding hydrogens is 222 g/mol. The van der Waals surface area contributed by atoms with Gasteiger partial charge in [0, 0.05) is 12.8 Å². The van der Waals surface area contributed by atoms with E-state index >= 15 is 0 Å². The van der Waals surface area contributed by atoms with Crippen LogP contribution in [0.2, 0.25) is 0 Å². The van der Waals surface area contributed by atoms with Crippen molar-refractivity contribution in [2.45, 2.75) is 45.1 Å². The summed E-state index contributed by atoms with van der Waals surface area (Å²) < 4.78 is 9.62. The standard InChI is InChI=1S/C12H17NO4/c1-9(14)2-5-11(17-8-13)12(15)16-7-6-10-3-4-10/h10-11H,2-7H2,1H3. The van der Waals surface area contributed by atoms with Crippen LogP contribution in [-0.4, -0.2) is 24.5 Å². The number of hydrogen-bond donors (Lipinski definition) is 0. The lowest BCUT2D eigenvalue weighted by atomic mass is 10.1. The summed E-state index contributed by atoms with van der Waals surface area (Å²) in [4.78, 5) is 22.3. The first kappa shape index (κ1) is 13.5. The molecule has 0 spiro atoms. The molecule has 1 rings (SSSR count). The van der Waals surface area contributed by atoms with Crippen LogP contribution in [0.25, 0.3) is 0 Å². The number of ether oxygens (including phenoxy) is 2. The van der Waals surface area contributed by atoms with Crippen LogP contribution in [0.3, 0.4) is 0 Å². The second-order valence-electron chi connectivity index (χ2n) is 4.34. The van der Waals surface area contributed by atoms with Crippen molar-refractivity contribution in [3.63, 3.8) is 0 Å². The summed E-state index contributed by atoms with van der Waals surface area (Å²) in [5, 5.41) is 8.41. The molecule has 1 unspecified atom stereocenters. The Morgan fingerprint density at radius 2 is 2.18 bits per heavy atom. The molecular formula is C12H17NO4. The molecule has 0 saturated heterocycles. The van der Waals surface area contributed by atoms with Crippen molar-refractivity contribution in [3.8, 4) is 6.26 Å². The van der Waals surface area contributed by atoms with Gasteiger partial charge in [0.2, 0.25) is 6.10 Å². The molecule has 0 N–H and O–H groups in total. The minimum atomic E-state index is -0.942. The zero-order chi connectivity index (χ0) is 12.7. The third kappa shape index (κ3) is 5.91. The van der Waals surface area contributed by atoms with E-state index in [4.69, 9.17) is 10.00 Å². The molecule has 0 heterocycles. The van der Waals surface area contributed by atoms with Crippen LogP contribution in [0.5, 0.6) is 0 Å². The Hall–Kier alpha value is -1.57. The highest BCUT2D eigenvalue weighted by molar-refractivity contribution is 5.78. The Bertz CT molecular complexity index is 317. The quantitative estimate of drug-likeness (QED) is 0.474. The molecule has 0 radical (unpaired) electrons. The number of nitrogens with zero attached hydrogens (tertiary/aromatic N) is 1. The van der Waals surface area contributed by atoms with Crippen LogP contribution in [0.15, 0.2) is 0 Å². The van der Waals surface area contributed by atoms with Gasteiger partial charge in [0.1, 0.15) is 5.78 Å². The number of nitriles is 1. The van der Waals surface area contributed by atoms with E-state index in [9.17, 15) is 9.59 Å². The summed E-state index contributed by atoms with van der Waals surface area (Å²) in [6.45, 7) is 1.80. The zero-order valence-corrected chi connectivity index (χ0v) is 9.98. The maximum atomic E-state index is 11.5. The monoisotopic (exact) mass is 239 g/mol. The highest BCUT2D eigenvalue weighted by Crippen LogP contribution is 2.32. The molecule has 17 heavy (non-hydrogen) atoms. The first-order chi connectivity index (χ1) is 8.13. The van der Waals surface area contributed by atoms with Crippen molar-refractivity contribution in [1.29, 1.82) is 5.26 Å². The van der Waals surface area contributed by atoms with Crippen molar-refractivity contribution < 1.29 is 19.1 Å². The van der Waals surface area contributed by atoms with Gasteiger partial charge in [-0.25, -0.2) is 4.79 Å². The molecule has 1 saturated carbocycles. The van der Waals surface area contributed by atoms with Crippen LogP contribution in [0.1, 0.15) is 39.0 Å². The molecule has 0 aromatic rings. The Labute approximate surface area is 101 Å². The number of ketones is 1. The molecule has 1 aliphatic rings. The Morgan fingerprint density at radius 3 is 2.71 bits per heavy atom. The van der Waals surface area contributed by atoms with Crippen LogP contribution in [0, 0.1) is 17.4 Å². The van der Waals surface area contributed by atoms with E-state index in [1.165, 1.54) is 26.0 Å². The Morgan fingerprint density at radius 1 is 1.47 bits per heavy atom. The third-order valence-electron chi connectivity index (χ3n) is 2.68. The average Bonchev–Trinajstić information content (AvgIpc) is 3.07. The minimum Gasteiger partial charge on any atom is -0.463 e. The maximum Gasteiger partial charge on any atom is 0.348 e. The van der Waals surface area contributed by atoms with Crippen molar-refractivity contribution >= 4 is 11.8 Å². The van der Waals surface area contributed by atoms with Crippen LogP contribution < -0.4 is 0 Å². The Kier molecular flexibility index (Phi) is 5.47. The lowest BCUT2D eigenvalue weighted by Gasteiger charge is -2.12. The van der Waals surface area contributed by atoms with Crippen LogP contribution in [-0.2, 0) is 19.1 Å². The number of hydrogen-bond acceptors (Lipinski definition) is 5. The lowest BCUT2D eigenvalue weighted by Crippen LogP contribution is -2.26. The second-order valence-corrected chi connectivity index (χ2v) is 4.34. The summed E-state index contributed by atoms with van der Waals surface area (Å²) in [5.41, 5.74) is 0. The number of carbonyl (C=O) groups is 2. The van der Waals surface area contributed by atoms with Gasteiger partial charge in [-0.3, -0.25) is 0 Å². The lowest BCUT2D eigenvalue weighted by molar-refractivity contribution is -0.154. The van der Waals surface area contributed by atoms with Gasteiger partial charge in [-0.05, 0) is 19.3 Å². The smallest absolute Gasteiger partial charge is 0.348 e. The van der Waals surface area contributed by atoms with Crippen LogP contribution >= 0.6 is 0 Å². The van der Waals surface area contributed by atoms with Crippen molar-refractivity contribution in [2.75, 3.05) is 6.61 Å². The average molecular weight is 239 g/mol. The van der Waals surface area contributed by atoms with Gasteiger partial charge in [0.25, 0.3) is 6.26 Å². The van der Waals surface area contributed by atoms with Crippen LogP contribution in [0.4, 0.5) is 0 Å². The normalized spacial score (nSPS) is 15.8. The van der Waals surface area contributed by atoms with E-state index < -0.39 is 12.1 Å². The van der Waals surface area contributed by atoms with Crippen molar-refractivity contribution in [2.24, 2.45) is 5.92 Å². The maximum absolute atomic E-state index is 11.5. The molecule has 94 valence electrons. The summed E-state index contributed by atoms with van der Waals surface area (Å²) in [6, 6.07) is 0. The van der Waals surface area contributed by atoms with E-state index in [0.717, 1.165) is 6.42 Å². The van der Waals surface area contributed by atoms with Gasteiger partial charge < -0.3 is 14.3 Å². The Balaban J connectivity index is 2.25. The summed E-state index contributed by atoms with van der Waals surface area (Å²) in [7, 11) is 0. The number of carbonyl (C=O) groups excluding carboxylic acids is 2.